The normalized spacial score (nSPS) is 15.1. The molecule has 0 spiro atoms. The lowest BCUT2D eigenvalue weighted by atomic mass is 9.94. The first-order valence-electron chi connectivity index (χ1n) is 7.01. The quantitative estimate of drug-likeness (QED) is 0.314. The Balaban J connectivity index is 2.35. The number of nitrogens with one attached hydrogen (secondary N) is 2. The fourth-order valence-electron chi connectivity index (χ4n) is 2.58. The van der Waals surface area contributed by atoms with Crippen LogP contribution in [-0.2, 0) is 0 Å². The zero-order valence-corrected chi connectivity index (χ0v) is 14.4. The van der Waals surface area contributed by atoms with Gasteiger partial charge in [0.05, 0.1) is 5.69 Å². The monoisotopic (exact) mass is 418 g/mol. The van der Waals surface area contributed by atoms with Gasteiger partial charge in [-0.25, -0.2) is 18.8 Å². The average Bonchev–Trinajstić information content (AvgIpc) is 2.58. The number of aliphatic imine (C=N–C) groups is 1. The van der Waals surface area contributed by atoms with Crippen LogP contribution < -0.4 is 22.1 Å². The van der Waals surface area contributed by atoms with Crippen LogP contribution in [-0.4, -0.2) is 10.9 Å². The Morgan fingerprint density at radius 1 is 1.23 bits per heavy atom. The van der Waals surface area contributed by atoms with E-state index in [1.807, 2.05) is 6.07 Å². The number of anilines is 3. The smallest absolute Gasteiger partial charge is 0.211 e. The molecule has 1 aliphatic rings. The van der Waals surface area contributed by atoms with Gasteiger partial charge in [-0.1, -0.05) is 15.9 Å². The Morgan fingerprint density at radius 3 is 2.62 bits per heavy atom. The standard InChI is InChI=1S/C15H9BrF2N8/c16-6-1-2-7(17)10(18)8(6)12-9-11(21)5(3-19)13(22)25-14(9)26-15(24-12)23-4-20/h1-2,12H,(H6,21,22,23,24,25,26). The molecule has 0 saturated carbocycles. The van der Waals surface area contributed by atoms with Gasteiger partial charge in [-0.3, -0.25) is 5.32 Å². The first kappa shape index (κ1) is 17.4. The minimum Gasteiger partial charge on any atom is -0.397 e. The number of hydrogen-bond acceptors (Lipinski definition) is 8. The number of halogens is 3. The third-order valence-corrected chi connectivity index (χ3v) is 4.40. The van der Waals surface area contributed by atoms with Crippen molar-refractivity contribution in [3.63, 3.8) is 0 Å². The van der Waals surface area contributed by atoms with E-state index in [-0.39, 0.29) is 44.4 Å². The van der Waals surface area contributed by atoms with Crippen molar-refractivity contribution < 1.29 is 8.78 Å². The van der Waals surface area contributed by atoms with Crippen LogP contribution in [0.5, 0.6) is 0 Å². The first-order chi connectivity index (χ1) is 12.4. The summed E-state index contributed by atoms with van der Waals surface area (Å²) in [5, 5.41) is 23.0. The highest BCUT2D eigenvalue weighted by atomic mass is 79.9. The summed E-state index contributed by atoms with van der Waals surface area (Å²) in [6.07, 6.45) is 1.67. The van der Waals surface area contributed by atoms with Gasteiger partial charge in [0, 0.05) is 15.6 Å². The van der Waals surface area contributed by atoms with Crippen molar-refractivity contribution in [3.8, 4) is 12.3 Å². The number of fused-ring (bicyclic) bond motifs is 1. The zero-order chi connectivity index (χ0) is 19.0. The van der Waals surface area contributed by atoms with E-state index < -0.39 is 17.7 Å². The van der Waals surface area contributed by atoms with Crippen LogP contribution in [0.4, 0.5) is 26.1 Å². The van der Waals surface area contributed by atoms with Crippen molar-refractivity contribution in [2.24, 2.45) is 4.99 Å². The lowest BCUT2D eigenvalue weighted by Gasteiger charge is -2.27. The highest BCUT2D eigenvalue weighted by molar-refractivity contribution is 9.10. The maximum atomic E-state index is 14.5. The molecule has 130 valence electrons. The second-order valence-corrected chi connectivity index (χ2v) is 6.01. The van der Waals surface area contributed by atoms with Gasteiger partial charge in [0.2, 0.25) is 5.96 Å². The molecule has 1 aromatic carbocycles. The number of rotatable bonds is 1. The molecule has 0 radical (unpaired) electrons. The first-order valence-corrected chi connectivity index (χ1v) is 7.80. The molecule has 1 unspecified atom stereocenters. The SMILES string of the molecule is N#CNC1=NC(c2c(Br)ccc(F)c2F)c2c(nc(N)c(C#N)c2N)N1. The van der Waals surface area contributed by atoms with Crippen LogP contribution in [0.1, 0.15) is 22.7 Å². The van der Waals surface area contributed by atoms with Crippen LogP contribution in [0.25, 0.3) is 0 Å². The van der Waals surface area contributed by atoms with Crippen molar-refractivity contribution in [1.29, 1.82) is 10.5 Å². The molecule has 1 atom stereocenters. The number of pyridine rings is 1. The molecular formula is C15H9BrF2N8. The summed E-state index contributed by atoms with van der Waals surface area (Å²) >= 11 is 3.17. The molecule has 0 bridgehead atoms. The highest BCUT2D eigenvalue weighted by Gasteiger charge is 2.33. The van der Waals surface area contributed by atoms with E-state index in [0.717, 1.165) is 6.07 Å². The molecular weight excluding hydrogens is 410 g/mol. The number of benzene rings is 1. The third-order valence-electron chi connectivity index (χ3n) is 3.71. The average molecular weight is 419 g/mol. The Labute approximate surface area is 154 Å². The predicted octanol–water partition coefficient (Wildman–Crippen LogP) is 2.10. The summed E-state index contributed by atoms with van der Waals surface area (Å²) in [5.74, 6) is -2.36. The summed E-state index contributed by atoms with van der Waals surface area (Å²) < 4.78 is 28.5. The highest BCUT2D eigenvalue weighted by Crippen LogP contribution is 2.43. The third kappa shape index (κ3) is 2.64. The number of aromatic nitrogens is 1. The maximum absolute atomic E-state index is 14.5. The van der Waals surface area contributed by atoms with Crippen molar-refractivity contribution in [3.05, 3.63) is 44.9 Å². The Hall–Kier alpha value is -3.44. The van der Waals surface area contributed by atoms with Gasteiger partial charge in [0.15, 0.2) is 17.8 Å². The number of nitrogen functional groups attached to an aromatic ring is 2. The Bertz CT molecular complexity index is 1040. The lowest BCUT2D eigenvalue weighted by Crippen LogP contribution is -2.33. The lowest BCUT2D eigenvalue weighted by molar-refractivity contribution is 0.493. The summed E-state index contributed by atoms with van der Waals surface area (Å²) in [4.78, 5) is 8.21. The minimum absolute atomic E-state index is 0.0587. The van der Waals surface area contributed by atoms with Crippen molar-refractivity contribution >= 4 is 39.2 Å². The molecule has 8 nitrogen and oxygen atoms in total. The van der Waals surface area contributed by atoms with Gasteiger partial charge < -0.3 is 16.8 Å². The molecule has 3 rings (SSSR count). The van der Waals surface area contributed by atoms with E-state index in [4.69, 9.17) is 16.7 Å². The topological polar surface area (TPSA) is 149 Å². The number of nitrogens with zero attached hydrogens (tertiary/aromatic N) is 4. The predicted molar refractivity (Wildman–Crippen MR) is 93.5 cm³/mol. The van der Waals surface area contributed by atoms with Crippen molar-refractivity contribution in [1.82, 2.24) is 10.3 Å². The van der Waals surface area contributed by atoms with E-state index >= 15 is 0 Å². The number of hydrogen-bond donors (Lipinski definition) is 4. The number of guanidine groups is 1. The summed E-state index contributed by atoms with van der Waals surface area (Å²) in [7, 11) is 0. The zero-order valence-electron chi connectivity index (χ0n) is 12.8. The van der Waals surface area contributed by atoms with Crippen LogP contribution in [0.15, 0.2) is 21.6 Å². The molecule has 1 aliphatic heterocycles. The minimum atomic E-state index is -1.17. The largest absolute Gasteiger partial charge is 0.397 e. The summed E-state index contributed by atoms with van der Waals surface area (Å²) in [6.45, 7) is 0. The Kier molecular flexibility index (Phi) is 4.32. The van der Waals surface area contributed by atoms with E-state index in [1.54, 1.807) is 6.19 Å². The number of nitrogens with two attached hydrogens (primary N) is 2. The second kappa shape index (κ2) is 6.46. The molecule has 1 aromatic heterocycles. The fraction of sp³-hybridized carbons (Fsp3) is 0.0667. The molecule has 0 amide bonds. The van der Waals surface area contributed by atoms with Gasteiger partial charge in [0.25, 0.3) is 0 Å². The van der Waals surface area contributed by atoms with Gasteiger partial charge >= 0.3 is 0 Å². The second-order valence-electron chi connectivity index (χ2n) is 5.16. The van der Waals surface area contributed by atoms with Gasteiger partial charge in [-0.2, -0.15) is 10.5 Å². The van der Waals surface area contributed by atoms with E-state index in [1.165, 1.54) is 6.07 Å². The van der Waals surface area contributed by atoms with E-state index in [0.29, 0.717) is 0 Å². The van der Waals surface area contributed by atoms with Crippen LogP contribution >= 0.6 is 15.9 Å². The van der Waals surface area contributed by atoms with E-state index in [2.05, 4.69) is 36.5 Å². The molecule has 6 N–H and O–H groups in total. The molecule has 0 fully saturated rings. The van der Waals surface area contributed by atoms with Gasteiger partial charge in [0.1, 0.15) is 29.3 Å². The summed E-state index contributed by atoms with van der Waals surface area (Å²) in [6, 6.07) is 2.92. The summed E-state index contributed by atoms with van der Waals surface area (Å²) in [5.41, 5.74) is 11.6. The Morgan fingerprint density at radius 2 is 1.96 bits per heavy atom. The van der Waals surface area contributed by atoms with Gasteiger partial charge in [-0.05, 0) is 12.1 Å². The molecule has 26 heavy (non-hydrogen) atoms. The molecule has 0 aliphatic carbocycles. The van der Waals surface area contributed by atoms with Crippen LogP contribution in [0.2, 0.25) is 0 Å². The molecule has 2 aromatic rings. The molecule has 11 heteroatoms. The van der Waals surface area contributed by atoms with Crippen molar-refractivity contribution in [2.75, 3.05) is 16.8 Å². The number of nitriles is 2. The maximum Gasteiger partial charge on any atom is 0.211 e. The van der Waals surface area contributed by atoms with Crippen LogP contribution in [0.3, 0.4) is 0 Å². The fourth-order valence-corrected chi connectivity index (χ4v) is 3.11. The molecule has 0 saturated heterocycles. The van der Waals surface area contributed by atoms with Crippen molar-refractivity contribution in [2.45, 2.75) is 6.04 Å². The van der Waals surface area contributed by atoms with Crippen LogP contribution in [0, 0.1) is 34.4 Å². The molecule has 2 heterocycles. The van der Waals surface area contributed by atoms with E-state index in [9.17, 15) is 14.0 Å². The van der Waals surface area contributed by atoms with Gasteiger partial charge in [-0.15, -0.1) is 0 Å².